The number of halogens is 4. The second-order valence-electron chi connectivity index (χ2n) is 5.49. The zero-order chi connectivity index (χ0) is 18.9. The number of carbonyl (C=O) groups excluding carboxylic acids is 1. The van der Waals surface area contributed by atoms with Crippen LogP contribution in [0.5, 0.6) is 0 Å². The van der Waals surface area contributed by atoms with Crippen LogP contribution < -0.4 is 0 Å². The van der Waals surface area contributed by atoms with Crippen LogP contribution in [-0.4, -0.2) is 23.0 Å². The highest BCUT2D eigenvalue weighted by Gasteiger charge is 2.31. The van der Waals surface area contributed by atoms with E-state index >= 15 is 0 Å². The monoisotopic (exact) mass is 424 g/mol. The van der Waals surface area contributed by atoms with E-state index in [9.17, 15) is 18.0 Å². The number of alkyl halides is 3. The van der Waals surface area contributed by atoms with Crippen molar-refractivity contribution in [2.75, 3.05) is 7.11 Å². The van der Waals surface area contributed by atoms with Crippen LogP contribution in [0.25, 0.3) is 22.3 Å². The first-order valence-electron chi connectivity index (χ1n) is 7.48. The minimum atomic E-state index is -4.49. The first-order chi connectivity index (χ1) is 12.3. The van der Waals surface area contributed by atoms with Crippen molar-refractivity contribution in [3.63, 3.8) is 0 Å². The van der Waals surface area contributed by atoms with Gasteiger partial charge in [0.2, 0.25) is 0 Å². The molecule has 26 heavy (non-hydrogen) atoms. The van der Waals surface area contributed by atoms with Gasteiger partial charge >= 0.3 is 12.1 Å². The highest BCUT2D eigenvalue weighted by Crippen LogP contribution is 2.32. The zero-order valence-corrected chi connectivity index (χ0v) is 15.1. The fourth-order valence-corrected chi connectivity index (χ4v) is 2.87. The number of ether oxygens (including phenoxy) is 1. The molecule has 0 fully saturated rings. The molecule has 1 heterocycles. The minimum absolute atomic E-state index is 0.115. The first kappa shape index (κ1) is 18.3. The molecule has 0 radical (unpaired) electrons. The Balaban J connectivity index is 2.23. The highest BCUT2D eigenvalue weighted by atomic mass is 79.9. The van der Waals surface area contributed by atoms with Crippen LogP contribution in [0.3, 0.4) is 0 Å². The second kappa shape index (κ2) is 7.03. The van der Waals surface area contributed by atoms with Crippen molar-refractivity contribution < 1.29 is 22.7 Å². The lowest BCUT2D eigenvalue weighted by Crippen LogP contribution is -2.09. The zero-order valence-electron chi connectivity index (χ0n) is 13.5. The summed E-state index contributed by atoms with van der Waals surface area (Å²) in [6.07, 6.45) is -4.65. The number of hydrogen-bond acceptors (Lipinski definition) is 4. The summed E-state index contributed by atoms with van der Waals surface area (Å²) in [4.78, 5) is 20.3. The Labute approximate surface area is 155 Å². The van der Waals surface area contributed by atoms with E-state index in [1.807, 2.05) is 6.07 Å². The van der Waals surface area contributed by atoms with Gasteiger partial charge in [0.05, 0.1) is 30.3 Å². The minimum Gasteiger partial charge on any atom is -0.469 e. The summed E-state index contributed by atoms with van der Waals surface area (Å²) in [5.41, 5.74) is 0.229. The van der Waals surface area contributed by atoms with Crippen LogP contribution in [0.4, 0.5) is 13.2 Å². The Morgan fingerprint density at radius 2 is 1.92 bits per heavy atom. The summed E-state index contributed by atoms with van der Waals surface area (Å²) in [6.45, 7) is 0. The van der Waals surface area contributed by atoms with Crippen LogP contribution in [0.15, 0.2) is 46.9 Å². The molecule has 0 N–H and O–H groups in total. The molecule has 0 saturated carbocycles. The predicted molar refractivity (Wildman–Crippen MR) is 93.4 cm³/mol. The molecular weight excluding hydrogens is 413 g/mol. The van der Waals surface area contributed by atoms with Gasteiger partial charge in [0.15, 0.2) is 5.82 Å². The van der Waals surface area contributed by atoms with Crippen molar-refractivity contribution in [1.82, 2.24) is 9.97 Å². The number of carbonyl (C=O) groups is 1. The molecule has 134 valence electrons. The molecule has 1 aromatic heterocycles. The van der Waals surface area contributed by atoms with Gasteiger partial charge in [-0.25, -0.2) is 9.97 Å². The molecule has 0 aliphatic heterocycles. The van der Waals surface area contributed by atoms with E-state index in [1.165, 1.54) is 13.2 Å². The summed E-state index contributed by atoms with van der Waals surface area (Å²) >= 11 is 3.34. The summed E-state index contributed by atoms with van der Waals surface area (Å²) in [7, 11) is 1.24. The van der Waals surface area contributed by atoms with Gasteiger partial charge in [-0.15, -0.1) is 0 Å². The maximum atomic E-state index is 13.0. The summed E-state index contributed by atoms with van der Waals surface area (Å²) in [6, 6.07) is 10.2. The van der Waals surface area contributed by atoms with Crippen molar-refractivity contribution in [1.29, 1.82) is 0 Å². The Kier molecular flexibility index (Phi) is 4.95. The number of benzene rings is 2. The van der Waals surface area contributed by atoms with E-state index in [0.717, 1.165) is 16.6 Å². The molecule has 2 aromatic carbocycles. The third-order valence-electron chi connectivity index (χ3n) is 3.73. The third kappa shape index (κ3) is 3.85. The van der Waals surface area contributed by atoms with Crippen LogP contribution >= 0.6 is 15.9 Å². The SMILES string of the molecule is COC(=O)Cc1nc(-c2cccc(Br)c2)nc2cc(C(F)(F)F)ccc12. The number of nitrogens with zero attached hydrogens (tertiary/aromatic N) is 2. The van der Waals surface area contributed by atoms with Gasteiger partial charge in [0.25, 0.3) is 0 Å². The third-order valence-corrected chi connectivity index (χ3v) is 4.22. The average Bonchev–Trinajstić information content (AvgIpc) is 2.60. The maximum Gasteiger partial charge on any atom is 0.416 e. The molecule has 0 bridgehead atoms. The van der Waals surface area contributed by atoms with E-state index in [-0.39, 0.29) is 17.8 Å². The van der Waals surface area contributed by atoms with E-state index < -0.39 is 17.7 Å². The quantitative estimate of drug-likeness (QED) is 0.567. The maximum absolute atomic E-state index is 13.0. The van der Waals surface area contributed by atoms with Gasteiger partial charge in [0, 0.05) is 15.4 Å². The number of esters is 1. The van der Waals surface area contributed by atoms with Crippen LogP contribution in [0.2, 0.25) is 0 Å². The Bertz CT molecular complexity index is 990. The molecule has 0 unspecified atom stereocenters. The second-order valence-corrected chi connectivity index (χ2v) is 6.40. The number of hydrogen-bond donors (Lipinski definition) is 0. The fraction of sp³-hybridized carbons (Fsp3) is 0.167. The molecular formula is C18H12BrF3N2O2. The largest absolute Gasteiger partial charge is 0.469 e. The molecule has 0 atom stereocenters. The predicted octanol–water partition coefficient (Wildman–Crippen LogP) is 4.79. The van der Waals surface area contributed by atoms with Crippen molar-refractivity contribution in [3.8, 4) is 11.4 Å². The number of aromatic nitrogens is 2. The molecule has 0 aliphatic carbocycles. The molecule has 3 rings (SSSR count). The van der Waals surface area contributed by atoms with Gasteiger partial charge < -0.3 is 4.74 Å². The average molecular weight is 425 g/mol. The normalized spacial score (nSPS) is 11.6. The Morgan fingerprint density at radius 3 is 2.58 bits per heavy atom. The Hall–Kier alpha value is -2.48. The van der Waals surface area contributed by atoms with Crippen molar-refractivity contribution in [3.05, 3.63) is 58.2 Å². The standard InChI is InChI=1S/C18H12BrF3N2O2/c1-26-16(25)9-15-13-6-5-11(18(20,21)22)8-14(13)23-17(24-15)10-3-2-4-12(19)7-10/h2-8H,9H2,1H3. The summed E-state index contributed by atoms with van der Waals surface area (Å²) in [5.74, 6) is -0.304. The number of methoxy groups -OCH3 is 1. The van der Waals surface area contributed by atoms with Gasteiger partial charge in [-0.2, -0.15) is 13.2 Å². The van der Waals surface area contributed by atoms with Crippen LogP contribution in [-0.2, 0) is 22.1 Å². The number of fused-ring (bicyclic) bond motifs is 1. The molecule has 0 spiro atoms. The van der Waals surface area contributed by atoms with Crippen molar-refractivity contribution in [2.24, 2.45) is 0 Å². The molecule has 0 amide bonds. The van der Waals surface area contributed by atoms with E-state index in [4.69, 9.17) is 0 Å². The lowest BCUT2D eigenvalue weighted by molar-refractivity contribution is -0.140. The molecule has 0 saturated heterocycles. The molecule has 4 nitrogen and oxygen atoms in total. The lowest BCUT2D eigenvalue weighted by atomic mass is 10.1. The fourth-order valence-electron chi connectivity index (χ4n) is 2.47. The topological polar surface area (TPSA) is 52.1 Å². The molecule has 8 heteroatoms. The Morgan fingerprint density at radius 1 is 1.15 bits per heavy atom. The van der Waals surface area contributed by atoms with Gasteiger partial charge in [-0.05, 0) is 24.3 Å². The van der Waals surface area contributed by atoms with Gasteiger partial charge in [-0.3, -0.25) is 4.79 Å². The van der Waals surface area contributed by atoms with Gasteiger partial charge in [0.1, 0.15) is 0 Å². The van der Waals surface area contributed by atoms with Crippen LogP contribution in [0.1, 0.15) is 11.3 Å². The first-order valence-corrected chi connectivity index (χ1v) is 8.28. The number of rotatable bonds is 3. The van der Waals surface area contributed by atoms with E-state index in [1.54, 1.807) is 18.2 Å². The van der Waals surface area contributed by atoms with Crippen molar-refractivity contribution in [2.45, 2.75) is 12.6 Å². The smallest absolute Gasteiger partial charge is 0.416 e. The van der Waals surface area contributed by atoms with Gasteiger partial charge in [-0.1, -0.05) is 34.1 Å². The summed E-state index contributed by atoms with van der Waals surface area (Å²) < 4.78 is 44.5. The lowest BCUT2D eigenvalue weighted by Gasteiger charge is -2.11. The summed E-state index contributed by atoms with van der Waals surface area (Å²) in [5, 5.41) is 0.377. The van der Waals surface area contributed by atoms with Crippen molar-refractivity contribution >= 4 is 32.8 Å². The van der Waals surface area contributed by atoms with E-state index in [2.05, 4.69) is 30.6 Å². The van der Waals surface area contributed by atoms with Crippen LogP contribution in [0, 0.1) is 0 Å². The molecule has 0 aliphatic rings. The molecule has 3 aromatic rings. The highest BCUT2D eigenvalue weighted by molar-refractivity contribution is 9.10. The van der Waals surface area contributed by atoms with E-state index in [0.29, 0.717) is 16.6 Å².